The molecular weight excluding hydrogens is 1030 g/mol. The molecule has 81 heavy (non-hydrogen) atoms. The number of hydrogen-bond donors (Lipinski definition) is 4. The van der Waals surface area contributed by atoms with Gasteiger partial charge in [0.15, 0.2) is 22.9 Å². The summed E-state index contributed by atoms with van der Waals surface area (Å²) in [6.07, 6.45) is 9.12. The number of nitrogens with zero attached hydrogens (tertiary/aromatic N) is 13. The number of morpholine rings is 2. The fourth-order valence-corrected chi connectivity index (χ4v) is 10.8. The molecule has 4 aliphatic heterocycles. The van der Waals surface area contributed by atoms with E-state index in [9.17, 15) is 14.4 Å². The molecule has 23 nitrogen and oxygen atoms in total. The van der Waals surface area contributed by atoms with Gasteiger partial charge in [0.1, 0.15) is 17.4 Å². The van der Waals surface area contributed by atoms with Gasteiger partial charge < -0.3 is 50.2 Å². The average Bonchev–Trinajstić information content (AvgIpc) is 4.20. The molecular formula is C58H67N17O6. The quantitative estimate of drug-likeness (QED) is 0.0975. The van der Waals surface area contributed by atoms with E-state index in [1.807, 2.05) is 107 Å². The monoisotopic (exact) mass is 1100 g/mol. The lowest BCUT2D eigenvalue weighted by molar-refractivity contribution is 0.0688. The van der Waals surface area contributed by atoms with Crippen LogP contribution in [0, 0.1) is 0 Å². The number of methoxy groups -OCH3 is 1. The minimum absolute atomic E-state index is 0.0233. The largest absolute Gasteiger partial charge is 0.496 e. The molecule has 4 N–H and O–H groups in total. The molecule has 0 aliphatic carbocycles. The summed E-state index contributed by atoms with van der Waals surface area (Å²) in [5, 5.41) is 22.2. The first kappa shape index (κ1) is 54.2. The van der Waals surface area contributed by atoms with Crippen molar-refractivity contribution in [2.45, 2.75) is 44.3 Å². The number of rotatable bonds is 12. The number of amides is 5. The van der Waals surface area contributed by atoms with Crippen LogP contribution in [-0.2, 0) is 16.0 Å². The lowest BCUT2D eigenvalue weighted by Crippen LogP contribution is -2.39. The molecule has 9 heterocycles. The predicted molar refractivity (Wildman–Crippen MR) is 309 cm³/mol. The molecule has 4 saturated heterocycles. The van der Waals surface area contributed by atoms with Crippen LogP contribution >= 0.6 is 0 Å². The molecule has 0 radical (unpaired) electrons. The number of fused-ring (bicyclic) bond motifs is 2. The van der Waals surface area contributed by atoms with E-state index in [0.29, 0.717) is 73.9 Å². The van der Waals surface area contributed by atoms with Crippen molar-refractivity contribution in [2.24, 2.45) is 0 Å². The molecule has 23 heteroatoms. The summed E-state index contributed by atoms with van der Waals surface area (Å²) in [7, 11) is 4.75. The number of urea groups is 2. The van der Waals surface area contributed by atoms with E-state index in [2.05, 4.69) is 51.7 Å². The number of para-hydroxylation sites is 1. The number of benzene rings is 3. The van der Waals surface area contributed by atoms with Gasteiger partial charge in [-0.25, -0.2) is 38.9 Å². The van der Waals surface area contributed by atoms with Crippen LogP contribution in [0.1, 0.15) is 53.8 Å². The molecule has 4 fully saturated rings. The highest BCUT2D eigenvalue weighted by Gasteiger charge is 2.31. The van der Waals surface area contributed by atoms with Gasteiger partial charge >= 0.3 is 12.1 Å². The number of pyridine rings is 1. The Bertz CT molecular complexity index is 3440. The van der Waals surface area contributed by atoms with Crippen LogP contribution in [0.2, 0.25) is 0 Å². The van der Waals surface area contributed by atoms with E-state index in [-0.39, 0.29) is 30.1 Å². The Morgan fingerprint density at radius 3 is 1.53 bits per heavy atom. The lowest BCUT2D eigenvalue weighted by Gasteiger charge is -2.32. The number of likely N-dealkylation sites (tertiary alicyclic amines) is 2. The average molecular weight is 1100 g/mol. The van der Waals surface area contributed by atoms with Crippen LogP contribution in [0.25, 0.3) is 44.8 Å². The van der Waals surface area contributed by atoms with Crippen LogP contribution in [0.3, 0.4) is 0 Å². The minimum Gasteiger partial charge on any atom is -0.496 e. The highest BCUT2D eigenvalue weighted by molar-refractivity contribution is 5.97. The van der Waals surface area contributed by atoms with Gasteiger partial charge in [-0.1, -0.05) is 18.2 Å². The molecule has 3 aromatic carbocycles. The van der Waals surface area contributed by atoms with Crippen molar-refractivity contribution in [3.05, 3.63) is 121 Å². The highest BCUT2D eigenvalue weighted by atomic mass is 16.5. The van der Waals surface area contributed by atoms with Gasteiger partial charge in [-0.2, -0.15) is 10.2 Å². The third-order valence-electron chi connectivity index (χ3n) is 15.2. The third-order valence-corrected chi connectivity index (χ3v) is 15.2. The smallest absolute Gasteiger partial charge is 0.318 e. The van der Waals surface area contributed by atoms with Gasteiger partial charge in [0, 0.05) is 102 Å². The number of hydrogen-bond acceptors (Lipinski definition) is 16. The zero-order valence-electron chi connectivity index (χ0n) is 45.8. The van der Waals surface area contributed by atoms with Crippen molar-refractivity contribution in [1.29, 1.82) is 0 Å². The minimum atomic E-state index is -0.283. The third kappa shape index (κ3) is 12.3. The van der Waals surface area contributed by atoms with E-state index in [0.717, 1.165) is 122 Å². The summed E-state index contributed by atoms with van der Waals surface area (Å²) in [4.78, 5) is 70.0. The second kappa shape index (κ2) is 25.1. The summed E-state index contributed by atoms with van der Waals surface area (Å²) in [6.45, 7) is 9.67. The Morgan fingerprint density at radius 1 is 0.580 bits per heavy atom. The number of carbonyl (C=O) groups is 3. The maximum Gasteiger partial charge on any atom is 0.318 e. The first-order valence-electron chi connectivity index (χ1n) is 27.6. The number of nitrogens with one attached hydrogen (secondary N) is 4. The van der Waals surface area contributed by atoms with Gasteiger partial charge in [-0.05, 0) is 98.5 Å². The van der Waals surface area contributed by atoms with E-state index < -0.39 is 0 Å². The summed E-state index contributed by atoms with van der Waals surface area (Å²) in [5.41, 5.74) is 6.39. The van der Waals surface area contributed by atoms with Gasteiger partial charge in [0.2, 0.25) is 0 Å². The number of anilines is 4. The van der Waals surface area contributed by atoms with Crippen LogP contribution in [-0.4, -0.2) is 172 Å². The number of aromatic nitrogens is 9. The molecule has 12 rings (SSSR count). The topological polar surface area (TPSA) is 240 Å². The zero-order chi connectivity index (χ0) is 55.7. The SMILES string of the molecule is CNC(=O)Nc1ccc(-c2nc(N3CCOCC3)c3cnn(C4CCN(C(=O)c5ccccc5OC)CC4)c3n2)cc1.CNC(=O)Nc1ccc(-c2nc(N3CCOCC3)c3cnn(C4CCN(Cc5ccccn5)CC4)c3n2)cc1. The summed E-state index contributed by atoms with van der Waals surface area (Å²) in [6, 6.07) is 28.3. The Kier molecular flexibility index (Phi) is 16.8. The Balaban J connectivity index is 0.000000171. The molecule has 0 spiro atoms. The van der Waals surface area contributed by atoms with Gasteiger partial charge in [-0.3, -0.25) is 14.7 Å². The molecule has 5 amide bonds. The molecule has 0 bridgehead atoms. The summed E-state index contributed by atoms with van der Waals surface area (Å²) in [5.74, 6) is 3.52. The first-order chi connectivity index (χ1) is 39.7. The van der Waals surface area contributed by atoms with Crippen molar-refractivity contribution in [2.75, 3.05) is 120 Å². The molecule has 420 valence electrons. The fourth-order valence-electron chi connectivity index (χ4n) is 10.8. The molecule has 0 atom stereocenters. The molecule has 0 unspecified atom stereocenters. The highest BCUT2D eigenvalue weighted by Crippen LogP contribution is 2.35. The Morgan fingerprint density at radius 2 is 1.06 bits per heavy atom. The Labute approximate surface area is 469 Å². The second-order valence-corrected chi connectivity index (χ2v) is 20.2. The zero-order valence-corrected chi connectivity index (χ0v) is 45.8. The lowest BCUT2D eigenvalue weighted by atomic mass is 10.0. The van der Waals surface area contributed by atoms with Crippen molar-refractivity contribution < 1.29 is 28.6 Å². The van der Waals surface area contributed by atoms with E-state index >= 15 is 0 Å². The van der Waals surface area contributed by atoms with Crippen molar-refractivity contribution in [3.8, 4) is 28.5 Å². The Hall–Kier alpha value is -8.80. The van der Waals surface area contributed by atoms with Gasteiger partial charge in [0.05, 0.1) is 80.0 Å². The number of piperidine rings is 2. The maximum absolute atomic E-state index is 13.3. The molecule has 0 saturated carbocycles. The molecule has 8 aromatic rings. The molecule has 5 aromatic heterocycles. The van der Waals surface area contributed by atoms with E-state index in [1.54, 1.807) is 27.3 Å². The normalized spacial score (nSPS) is 16.4. The van der Waals surface area contributed by atoms with Crippen molar-refractivity contribution in [1.82, 2.24) is 64.9 Å². The van der Waals surface area contributed by atoms with Crippen LogP contribution in [0.4, 0.5) is 32.6 Å². The number of ether oxygens (including phenoxy) is 3. The van der Waals surface area contributed by atoms with Crippen LogP contribution in [0.5, 0.6) is 5.75 Å². The number of carbonyl (C=O) groups excluding carboxylic acids is 3. The summed E-state index contributed by atoms with van der Waals surface area (Å²) >= 11 is 0. The van der Waals surface area contributed by atoms with Gasteiger partial charge in [-0.15, -0.1) is 0 Å². The molecule has 4 aliphatic rings. The van der Waals surface area contributed by atoms with Crippen LogP contribution < -0.4 is 35.8 Å². The first-order valence-corrected chi connectivity index (χ1v) is 27.6. The standard InChI is InChI=1S/C30H34N8O4.C28H33N9O2/c1-31-30(40)33-21-9-7-20(8-10-21)26-34-27(36-15-17-42-18-16-36)24-19-32-38(28(24)35-26)22-11-13-37(14-12-22)29(39)23-5-3-4-6-25(23)41-2;1-29-28(38)32-21-7-5-20(6-8-21)25-33-26(36-14-16-39-17-15-36)24-18-31-37(27(24)34-25)23-9-12-35(13-10-23)19-22-4-2-3-11-30-22/h3-10,19,22H,11-18H2,1-2H3,(H2,31,33,40);2-8,11,18,23H,9-10,12-17,19H2,1H3,(H2,29,32,38). The fraction of sp³-hybridized carbons (Fsp3) is 0.379. The predicted octanol–water partition coefficient (Wildman–Crippen LogP) is 6.88. The van der Waals surface area contributed by atoms with E-state index in [4.69, 9.17) is 44.3 Å². The van der Waals surface area contributed by atoms with Crippen LogP contribution in [0.15, 0.2) is 110 Å². The summed E-state index contributed by atoms with van der Waals surface area (Å²) < 4.78 is 20.7. The van der Waals surface area contributed by atoms with Gasteiger partial charge in [0.25, 0.3) is 5.91 Å². The maximum atomic E-state index is 13.3. The van der Waals surface area contributed by atoms with E-state index in [1.165, 1.54) is 0 Å². The van der Waals surface area contributed by atoms with Crippen molar-refractivity contribution >= 4 is 63.0 Å². The van der Waals surface area contributed by atoms with Crippen molar-refractivity contribution in [3.63, 3.8) is 0 Å². The second-order valence-electron chi connectivity index (χ2n) is 20.2.